The Bertz CT molecular complexity index is 544. The van der Waals surface area contributed by atoms with Gasteiger partial charge in [-0.1, -0.05) is 23.4 Å². The van der Waals surface area contributed by atoms with Crippen LogP contribution in [-0.4, -0.2) is 34.5 Å². The van der Waals surface area contributed by atoms with Gasteiger partial charge in [0.25, 0.3) is 0 Å². The summed E-state index contributed by atoms with van der Waals surface area (Å²) in [6.45, 7) is 1.07. The van der Waals surface area contributed by atoms with Gasteiger partial charge >= 0.3 is 0 Å². The van der Waals surface area contributed by atoms with Crippen molar-refractivity contribution in [3.8, 4) is 5.75 Å². The number of nitrogens with one attached hydrogen (secondary N) is 1. The molecule has 106 valence electrons. The molecular formula is C14H17N3O3. The molecule has 6 heteroatoms. The van der Waals surface area contributed by atoms with E-state index < -0.39 is 0 Å². The van der Waals surface area contributed by atoms with E-state index in [2.05, 4.69) is 15.5 Å². The lowest BCUT2D eigenvalue weighted by Crippen LogP contribution is -2.15. The molecule has 1 fully saturated rings. The van der Waals surface area contributed by atoms with Gasteiger partial charge in [-0.25, -0.2) is 0 Å². The molecule has 0 unspecified atom stereocenters. The fourth-order valence-corrected chi connectivity index (χ4v) is 2.19. The Morgan fingerprint density at radius 3 is 2.95 bits per heavy atom. The molecule has 0 spiro atoms. The Morgan fingerprint density at radius 2 is 2.20 bits per heavy atom. The van der Waals surface area contributed by atoms with Gasteiger partial charge in [-0.05, 0) is 18.6 Å². The molecular weight excluding hydrogens is 258 g/mol. The van der Waals surface area contributed by atoms with E-state index in [0.29, 0.717) is 37.7 Å². The first-order valence-corrected chi connectivity index (χ1v) is 6.73. The summed E-state index contributed by atoms with van der Waals surface area (Å²) in [5, 5.41) is 16.5. The van der Waals surface area contributed by atoms with Crippen LogP contribution in [0.25, 0.3) is 0 Å². The van der Waals surface area contributed by atoms with Crippen molar-refractivity contribution >= 4 is 0 Å². The quantitative estimate of drug-likeness (QED) is 0.850. The molecule has 1 aliphatic rings. The number of para-hydroxylation sites is 1. The number of aromatic nitrogens is 2. The van der Waals surface area contributed by atoms with Gasteiger partial charge in [-0.2, -0.15) is 4.98 Å². The first kappa shape index (κ1) is 13.1. The van der Waals surface area contributed by atoms with Gasteiger partial charge in [0.05, 0.1) is 18.8 Å². The first-order valence-electron chi connectivity index (χ1n) is 6.73. The smallest absolute Gasteiger partial charge is 0.243 e. The molecule has 0 aliphatic carbocycles. The topological polar surface area (TPSA) is 80.4 Å². The number of aliphatic hydroxyl groups is 1. The summed E-state index contributed by atoms with van der Waals surface area (Å²) in [6, 6.07) is 9.58. The van der Waals surface area contributed by atoms with Crippen LogP contribution in [0.1, 0.15) is 24.2 Å². The largest absolute Gasteiger partial charge is 0.493 e. The van der Waals surface area contributed by atoms with E-state index in [4.69, 9.17) is 9.26 Å². The molecule has 0 bridgehead atoms. The maximum Gasteiger partial charge on any atom is 0.243 e. The zero-order valence-electron chi connectivity index (χ0n) is 11.0. The van der Waals surface area contributed by atoms with Crippen LogP contribution in [0, 0.1) is 0 Å². The second-order valence-electron chi connectivity index (χ2n) is 4.81. The number of benzene rings is 1. The number of hydrogen-bond donors (Lipinski definition) is 2. The molecule has 2 N–H and O–H groups in total. The highest BCUT2D eigenvalue weighted by molar-refractivity contribution is 5.20. The van der Waals surface area contributed by atoms with E-state index in [1.807, 2.05) is 30.3 Å². The Morgan fingerprint density at radius 1 is 1.35 bits per heavy atom. The lowest BCUT2D eigenvalue weighted by molar-refractivity contribution is 0.191. The number of hydrogen-bond acceptors (Lipinski definition) is 6. The molecule has 2 heterocycles. The summed E-state index contributed by atoms with van der Waals surface area (Å²) >= 11 is 0. The van der Waals surface area contributed by atoms with Crippen molar-refractivity contribution in [1.29, 1.82) is 0 Å². The molecule has 3 rings (SSSR count). The van der Waals surface area contributed by atoms with Crippen LogP contribution in [0.2, 0.25) is 0 Å². The fraction of sp³-hybridized carbons (Fsp3) is 0.429. The molecule has 2 atom stereocenters. The van der Waals surface area contributed by atoms with Gasteiger partial charge < -0.3 is 19.7 Å². The number of ether oxygens (including phenoxy) is 1. The van der Waals surface area contributed by atoms with Gasteiger partial charge in [0.2, 0.25) is 5.89 Å². The average Bonchev–Trinajstić information content (AvgIpc) is 3.09. The number of β-amino-alcohol motifs (C(OH)–C–C–N with tert-alkyl or cyclic N) is 1. The van der Waals surface area contributed by atoms with Crippen molar-refractivity contribution in [2.24, 2.45) is 0 Å². The summed E-state index contributed by atoms with van der Waals surface area (Å²) in [7, 11) is 0. The highest BCUT2D eigenvalue weighted by atomic mass is 16.5. The average molecular weight is 275 g/mol. The molecule has 2 aromatic rings. The van der Waals surface area contributed by atoms with Crippen molar-refractivity contribution in [2.45, 2.75) is 25.0 Å². The van der Waals surface area contributed by atoms with Gasteiger partial charge in [-0.15, -0.1) is 0 Å². The first-order chi connectivity index (χ1) is 9.81. The number of aliphatic hydroxyl groups excluding tert-OH is 1. The minimum Gasteiger partial charge on any atom is -0.493 e. The van der Waals surface area contributed by atoms with Crippen LogP contribution in [-0.2, 0) is 6.42 Å². The van der Waals surface area contributed by atoms with E-state index in [0.717, 1.165) is 5.75 Å². The van der Waals surface area contributed by atoms with Crippen LogP contribution >= 0.6 is 0 Å². The maximum absolute atomic E-state index is 9.46. The summed E-state index contributed by atoms with van der Waals surface area (Å²) in [5.74, 6) is 1.99. The second kappa shape index (κ2) is 6.02. The normalized spacial score (nSPS) is 22.1. The Labute approximate surface area is 116 Å². The molecule has 0 radical (unpaired) electrons. The predicted molar refractivity (Wildman–Crippen MR) is 71.3 cm³/mol. The van der Waals surface area contributed by atoms with E-state index in [1.54, 1.807) is 0 Å². The van der Waals surface area contributed by atoms with Crippen molar-refractivity contribution in [2.75, 3.05) is 13.2 Å². The van der Waals surface area contributed by atoms with Crippen molar-refractivity contribution in [3.05, 3.63) is 42.0 Å². The van der Waals surface area contributed by atoms with Crippen molar-refractivity contribution < 1.29 is 14.4 Å². The lowest BCUT2D eigenvalue weighted by atomic mass is 10.2. The fourth-order valence-electron chi connectivity index (χ4n) is 2.19. The third-order valence-electron chi connectivity index (χ3n) is 3.23. The Kier molecular flexibility index (Phi) is 3.94. The molecule has 1 aromatic heterocycles. The predicted octanol–water partition coefficient (Wildman–Crippen LogP) is 1.09. The number of rotatable bonds is 5. The van der Waals surface area contributed by atoms with Gasteiger partial charge in [-0.3, -0.25) is 0 Å². The van der Waals surface area contributed by atoms with Crippen molar-refractivity contribution in [3.63, 3.8) is 0 Å². The van der Waals surface area contributed by atoms with Crippen LogP contribution < -0.4 is 10.1 Å². The monoisotopic (exact) mass is 275 g/mol. The molecule has 0 amide bonds. The lowest BCUT2D eigenvalue weighted by Gasteiger charge is -2.03. The van der Waals surface area contributed by atoms with E-state index in [1.165, 1.54) is 0 Å². The molecule has 1 aliphatic heterocycles. The van der Waals surface area contributed by atoms with Crippen molar-refractivity contribution in [1.82, 2.24) is 15.5 Å². The van der Waals surface area contributed by atoms with Crippen LogP contribution in [0.15, 0.2) is 34.9 Å². The summed E-state index contributed by atoms with van der Waals surface area (Å²) in [5.41, 5.74) is 0. The third kappa shape index (κ3) is 3.15. The van der Waals surface area contributed by atoms with Crippen LogP contribution in [0.4, 0.5) is 0 Å². The molecule has 20 heavy (non-hydrogen) atoms. The van der Waals surface area contributed by atoms with Crippen LogP contribution in [0.3, 0.4) is 0 Å². The standard InChI is InChI=1S/C14H17N3O3/c18-10-8-12(15-9-10)14-16-13(17-20-14)6-7-19-11-4-2-1-3-5-11/h1-5,10,12,15,18H,6-9H2/t10-,12-/m0/s1. The zero-order chi connectivity index (χ0) is 13.8. The minimum atomic E-state index is -0.336. The van der Waals surface area contributed by atoms with Gasteiger partial charge in [0.1, 0.15) is 5.75 Å². The van der Waals surface area contributed by atoms with E-state index >= 15 is 0 Å². The summed E-state index contributed by atoms with van der Waals surface area (Å²) in [6.07, 6.45) is 0.868. The third-order valence-corrected chi connectivity index (χ3v) is 3.23. The van der Waals surface area contributed by atoms with E-state index in [9.17, 15) is 5.11 Å². The highest BCUT2D eigenvalue weighted by Gasteiger charge is 2.27. The van der Waals surface area contributed by atoms with Gasteiger partial charge in [0, 0.05) is 13.0 Å². The second-order valence-corrected chi connectivity index (χ2v) is 4.81. The summed E-state index contributed by atoms with van der Waals surface area (Å²) < 4.78 is 10.8. The summed E-state index contributed by atoms with van der Waals surface area (Å²) in [4.78, 5) is 4.33. The SMILES string of the molecule is O[C@@H]1CN[C@H](c2nc(CCOc3ccccc3)no2)C1. The molecule has 1 aromatic carbocycles. The van der Waals surface area contributed by atoms with Crippen LogP contribution in [0.5, 0.6) is 5.75 Å². The zero-order valence-corrected chi connectivity index (χ0v) is 11.0. The number of nitrogens with zero attached hydrogens (tertiary/aromatic N) is 2. The molecule has 0 saturated carbocycles. The Hall–Kier alpha value is -1.92. The Balaban J connectivity index is 1.50. The molecule has 1 saturated heterocycles. The highest BCUT2D eigenvalue weighted by Crippen LogP contribution is 2.21. The molecule has 6 nitrogen and oxygen atoms in total. The van der Waals surface area contributed by atoms with E-state index in [-0.39, 0.29) is 12.1 Å². The van der Waals surface area contributed by atoms with Gasteiger partial charge in [0.15, 0.2) is 5.82 Å². The minimum absolute atomic E-state index is 0.0405. The maximum atomic E-state index is 9.46.